The molecule has 2 rings (SSSR count). The Bertz CT molecular complexity index is 348. The van der Waals surface area contributed by atoms with Crippen molar-refractivity contribution in [2.24, 2.45) is 0 Å². The molecule has 14 heavy (non-hydrogen) atoms. The molecule has 0 spiro atoms. The summed E-state index contributed by atoms with van der Waals surface area (Å²) in [5.74, 6) is -1.05. The lowest BCUT2D eigenvalue weighted by atomic mass is 10.3. The normalized spacial score (nSPS) is 16.7. The maximum absolute atomic E-state index is 11.0. The molecule has 0 atom stereocenters. The molecular weight excluding hydrogens is 184 g/mol. The van der Waals surface area contributed by atoms with Crippen LogP contribution in [0.25, 0.3) is 0 Å². The zero-order valence-corrected chi connectivity index (χ0v) is 7.34. The largest absolute Gasteiger partial charge is 0.390 e. The molecule has 1 aliphatic heterocycles. The van der Waals surface area contributed by atoms with Crippen molar-refractivity contribution in [3.05, 3.63) is 24.5 Å². The summed E-state index contributed by atoms with van der Waals surface area (Å²) < 4.78 is 4.40. The van der Waals surface area contributed by atoms with Gasteiger partial charge in [0.1, 0.15) is 13.1 Å². The van der Waals surface area contributed by atoms with Crippen molar-refractivity contribution in [1.29, 1.82) is 0 Å². The van der Waals surface area contributed by atoms with E-state index in [1.54, 1.807) is 29.4 Å². The second kappa shape index (κ2) is 3.45. The number of pyridine rings is 1. The lowest BCUT2D eigenvalue weighted by Crippen LogP contribution is -2.42. The number of morpholine rings is 1. The third-order valence-corrected chi connectivity index (χ3v) is 1.88. The molecule has 72 valence electrons. The first kappa shape index (κ1) is 8.68. The Kier molecular flexibility index (Phi) is 2.14. The fourth-order valence-corrected chi connectivity index (χ4v) is 1.28. The van der Waals surface area contributed by atoms with E-state index in [0.717, 1.165) is 5.69 Å². The first-order chi connectivity index (χ1) is 6.75. The summed E-state index contributed by atoms with van der Waals surface area (Å²) in [6, 6.07) is 3.54. The van der Waals surface area contributed by atoms with Crippen LogP contribution in [-0.4, -0.2) is 30.0 Å². The van der Waals surface area contributed by atoms with Crippen LogP contribution < -0.4 is 4.90 Å². The summed E-state index contributed by atoms with van der Waals surface area (Å²) in [5.41, 5.74) is 0.748. The quantitative estimate of drug-likeness (QED) is 0.462. The molecule has 0 amide bonds. The van der Waals surface area contributed by atoms with Gasteiger partial charge < -0.3 is 9.64 Å². The molecule has 0 unspecified atom stereocenters. The predicted octanol–water partition coefficient (Wildman–Crippen LogP) is -0.0286. The number of carbonyl (C=O) groups is 2. The Morgan fingerprint density at radius 3 is 2.57 bits per heavy atom. The van der Waals surface area contributed by atoms with Crippen LogP contribution in [0.3, 0.4) is 0 Å². The molecule has 0 saturated carbocycles. The molecular formula is C9H8N2O3. The average molecular weight is 192 g/mol. The van der Waals surface area contributed by atoms with Crippen molar-refractivity contribution in [1.82, 2.24) is 4.98 Å². The monoisotopic (exact) mass is 192 g/mol. The van der Waals surface area contributed by atoms with Crippen LogP contribution in [0.2, 0.25) is 0 Å². The molecule has 0 N–H and O–H groups in total. The molecule has 0 radical (unpaired) electrons. The lowest BCUT2D eigenvalue weighted by Gasteiger charge is -2.25. The summed E-state index contributed by atoms with van der Waals surface area (Å²) in [7, 11) is 0. The first-order valence-corrected chi connectivity index (χ1v) is 4.14. The number of cyclic esters (lactones) is 2. The van der Waals surface area contributed by atoms with Crippen LogP contribution >= 0.6 is 0 Å². The molecule has 0 aromatic carbocycles. The van der Waals surface area contributed by atoms with Crippen molar-refractivity contribution in [3.8, 4) is 0 Å². The van der Waals surface area contributed by atoms with Crippen LogP contribution in [0, 0.1) is 0 Å². The molecule has 0 bridgehead atoms. The minimum Gasteiger partial charge on any atom is -0.390 e. The van der Waals surface area contributed by atoms with Crippen LogP contribution in [0.1, 0.15) is 0 Å². The minimum absolute atomic E-state index is 0.0947. The van der Waals surface area contributed by atoms with E-state index in [0.29, 0.717) is 0 Å². The molecule has 1 saturated heterocycles. The molecule has 0 aliphatic carbocycles. The van der Waals surface area contributed by atoms with Crippen molar-refractivity contribution < 1.29 is 14.3 Å². The fourth-order valence-electron chi connectivity index (χ4n) is 1.28. The Morgan fingerprint density at radius 2 is 2.00 bits per heavy atom. The lowest BCUT2D eigenvalue weighted by molar-refractivity contribution is -0.160. The van der Waals surface area contributed by atoms with E-state index < -0.39 is 11.9 Å². The fraction of sp³-hybridized carbons (Fsp3) is 0.222. The van der Waals surface area contributed by atoms with Gasteiger partial charge in [0.25, 0.3) is 0 Å². The minimum atomic E-state index is -0.523. The second-order valence-corrected chi connectivity index (χ2v) is 2.91. The number of anilines is 1. The Balaban J connectivity index is 2.19. The maximum atomic E-state index is 11.0. The number of nitrogens with zero attached hydrogens (tertiary/aromatic N) is 2. The summed E-state index contributed by atoms with van der Waals surface area (Å²) in [6.07, 6.45) is 3.24. The standard InChI is InChI=1S/C9H8N2O3/c12-8-5-11(6-9(13)14-8)7-2-1-3-10-4-7/h1-4H,5-6H2. The Labute approximate surface area is 80.3 Å². The van der Waals surface area contributed by atoms with Gasteiger partial charge >= 0.3 is 11.9 Å². The Morgan fingerprint density at radius 1 is 1.29 bits per heavy atom. The number of ether oxygens (including phenoxy) is 1. The topological polar surface area (TPSA) is 59.5 Å². The summed E-state index contributed by atoms with van der Waals surface area (Å²) in [5, 5.41) is 0. The number of hydrogen-bond donors (Lipinski definition) is 0. The molecule has 5 nitrogen and oxygen atoms in total. The maximum Gasteiger partial charge on any atom is 0.333 e. The highest BCUT2D eigenvalue weighted by molar-refractivity contribution is 5.94. The average Bonchev–Trinajstić information content (AvgIpc) is 2.18. The van der Waals surface area contributed by atoms with Crippen LogP contribution in [0.4, 0.5) is 5.69 Å². The number of esters is 2. The highest BCUT2D eigenvalue weighted by atomic mass is 16.6. The third-order valence-electron chi connectivity index (χ3n) is 1.88. The molecule has 1 aromatic rings. The van der Waals surface area contributed by atoms with Gasteiger partial charge in [0.2, 0.25) is 0 Å². The van der Waals surface area contributed by atoms with Gasteiger partial charge in [-0.25, -0.2) is 9.59 Å². The van der Waals surface area contributed by atoms with E-state index in [1.165, 1.54) is 0 Å². The number of carbonyl (C=O) groups excluding carboxylic acids is 2. The zero-order chi connectivity index (χ0) is 9.97. The molecule has 1 aromatic heterocycles. The molecule has 5 heteroatoms. The molecule has 1 fully saturated rings. The van der Waals surface area contributed by atoms with Gasteiger partial charge in [-0.05, 0) is 12.1 Å². The number of aromatic nitrogens is 1. The van der Waals surface area contributed by atoms with Crippen molar-refractivity contribution >= 4 is 17.6 Å². The Hall–Kier alpha value is -1.91. The molecule has 1 aliphatic rings. The van der Waals surface area contributed by atoms with Crippen molar-refractivity contribution in [3.63, 3.8) is 0 Å². The van der Waals surface area contributed by atoms with E-state index in [1.807, 2.05) is 0 Å². The number of rotatable bonds is 1. The van der Waals surface area contributed by atoms with Gasteiger partial charge in [-0.3, -0.25) is 4.98 Å². The summed E-state index contributed by atoms with van der Waals surface area (Å²) in [6.45, 7) is 0.189. The van der Waals surface area contributed by atoms with E-state index in [-0.39, 0.29) is 13.1 Å². The van der Waals surface area contributed by atoms with E-state index >= 15 is 0 Å². The van der Waals surface area contributed by atoms with Gasteiger partial charge in [0.15, 0.2) is 0 Å². The number of hydrogen-bond acceptors (Lipinski definition) is 5. The third kappa shape index (κ3) is 1.71. The van der Waals surface area contributed by atoms with Crippen LogP contribution in [0.5, 0.6) is 0 Å². The zero-order valence-electron chi connectivity index (χ0n) is 7.34. The van der Waals surface area contributed by atoms with Crippen molar-refractivity contribution in [2.75, 3.05) is 18.0 Å². The smallest absolute Gasteiger partial charge is 0.333 e. The predicted molar refractivity (Wildman–Crippen MR) is 47.5 cm³/mol. The van der Waals surface area contributed by atoms with Gasteiger partial charge in [-0.2, -0.15) is 0 Å². The van der Waals surface area contributed by atoms with Gasteiger partial charge in [0.05, 0.1) is 11.9 Å². The van der Waals surface area contributed by atoms with Crippen LogP contribution in [0.15, 0.2) is 24.5 Å². The van der Waals surface area contributed by atoms with Crippen LogP contribution in [-0.2, 0) is 14.3 Å². The molecule has 2 heterocycles. The summed E-state index contributed by atoms with van der Waals surface area (Å²) >= 11 is 0. The van der Waals surface area contributed by atoms with Gasteiger partial charge in [0, 0.05) is 6.20 Å². The highest BCUT2D eigenvalue weighted by Crippen LogP contribution is 2.13. The van der Waals surface area contributed by atoms with Gasteiger partial charge in [-0.1, -0.05) is 0 Å². The van der Waals surface area contributed by atoms with Crippen molar-refractivity contribution in [2.45, 2.75) is 0 Å². The van der Waals surface area contributed by atoms with E-state index in [9.17, 15) is 9.59 Å². The highest BCUT2D eigenvalue weighted by Gasteiger charge is 2.24. The SMILES string of the molecule is O=C1CN(c2cccnc2)CC(=O)O1. The van der Waals surface area contributed by atoms with E-state index in [2.05, 4.69) is 9.72 Å². The van der Waals surface area contributed by atoms with Gasteiger partial charge in [-0.15, -0.1) is 0 Å². The second-order valence-electron chi connectivity index (χ2n) is 2.91. The first-order valence-electron chi connectivity index (χ1n) is 4.14. The van der Waals surface area contributed by atoms with E-state index in [4.69, 9.17) is 0 Å². The summed E-state index contributed by atoms with van der Waals surface area (Å²) in [4.78, 5) is 27.4.